The van der Waals surface area contributed by atoms with Crippen molar-refractivity contribution in [3.8, 4) is 0 Å². The van der Waals surface area contributed by atoms with Gasteiger partial charge in [0.15, 0.2) is 5.82 Å². The largest absolute Gasteiger partial charge is 0.380 e. The number of nitrogens with one attached hydrogen (secondary N) is 3. The second-order valence-electron chi connectivity index (χ2n) is 10.3. The maximum absolute atomic E-state index is 13.4. The molecular weight excluding hydrogens is 505 g/mol. The fraction of sp³-hybridized carbons (Fsp3) is 0.520. The summed E-state index contributed by atoms with van der Waals surface area (Å²) in [5.74, 6) is 1.54. The number of aromatic nitrogens is 6. The highest BCUT2D eigenvalue weighted by Gasteiger charge is 2.39. The van der Waals surface area contributed by atoms with Gasteiger partial charge in [-0.1, -0.05) is 0 Å². The van der Waals surface area contributed by atoms with Gasteiger partial charge in [-0.05, 0) is 32.0 Å². The number of carbonyl (C=O) groups excluding carboxylic acids is 1. The van der Waals surface area contributed by atoms with Crippen molar-refractivity contribution in [2.75, 3.05) is 67.3 Å². The Hall–Kier alpha value is -3.91. The number of pyridine rings is 1. The average molecular weight is 538 g/mol. The SMILES string of the molecule is CO[C@H]1C[C@@H](C(=O)Nc2ccc(F)nc2)N(c2nc(Nc3cc(C4CC4)[nH]n3)nc(N3CCN(C)CC3)n2)C1. The summed E-state index contributed by atoms with van der Waals surface area (Å²) < 4.78 is 18.9. The monoisotopic (exact) mass is 537 g/mol. The fourth-order valence-electron chi connectivity index (χ4n) is 4.92. The van der Waals surface area contributed by atoms with Crippen LogP contribution in [-0.2, 0) is 9.53 Å². The smallest absolute Gasteiger partial charge is 0.247 e. The number of hydrogen-bond acceptors (Lipinski definition) is 11. The van der Waals surface area contributed by atoms with Crippen molar-refractivity contribution in [2.24, 2.45) is 0 Å². The van der Waals surface area contributed by atoms with Crippen LogP contribution in [-0.4, -0.2) is 100.0 Å². The van der Waals surface area contributed by atoms with E-state index in [1.54, 1.807) is 7.11 Å². The summed E-state index contributed by atoms with van der Waals surface area (Å²) in [6, 6.07) is 4.06. The first-order chi connectivity index (χ1) is 18.9. The zero-order valence-electron chi connectivity index (χ0n) is 22.0. The predicted octanol–water partition coefficient (Wildman–Crippen LogP) is 1.73. The highest BCUT2D eigenvalue weighted by atomic mass is 19.1. The number of hydrogen-bond donors (Lipinski definition) is 3. The van der Waals surface area contributed by atoms with E-state index in [1.165, 1.54) is 18.3 Å². The third-order valence-corrected chi connectivity index (χ3v) is 7.40. The lowest BCUT2D eigenvalue weighted by Crippen LogP contribution is -2.45. The fourth-order valence-corrected chi connectivity index (χ4v) is 4.92. The van der Waals surface area contributed by atoms with E-state index in [9.17, 15) is 9.18 Å². The van der Waals surface area contributed by atoms with E-state index in [1.807, 2.05) is 11.0 Å². The number of anilines is 5. The summed E-state index contributed by atoms with van der Waals surface area (Å²) in [4.78, 5) is 37.5. The Kier molecular flexibility index (Phi) is 6.95. The molecule has 3 aliphatic rings. The zero-order chi connectivity index (χ0) is 26.9. The van der Waals surface area contributed by atoms with Crippen molar-refractivity contribution < 1.29 is 13.9 Å². The first-order valence-corrected chi connectivity index (χ1v) is 13.2. The molecule has 2 atom stereocenters. The number of H-pyrrole nitrogens is 1. The van der Waals surface area contributed by atoms with Gasteiger partial charge in [-0.3, -0.25) is 9.89 Å². The van der Waals surface area contributed by atoms with Crippen molar-refractivity contribution in [2.45, 2.75) is 37.3 Å². The molecule has 3 fully saturated rings. The molecule has 0 bridgehead atoms. The lowest BCUT2D eigenvalue weighted by molar-refractivity contribution is -0.117. The van der Waals surface area contributed by atoms with Gasteiger partial charge in [0.2, 0.25) is 29.7 Å². The van der Waals surface area contributed by atoms with Crippen LogP contribution in [0.25, 0.3) is 0 Å². The van der Waals surface area contributed by atoms with Gasteiger partial charge in [-0.15, -0.1) is 0 Å². The van der Waals surface area contributed by atoms with E-state index in [-0.39, 0.29) is 12.0 Å². The minimum atomic E-state index is -0.613. The molecule has 5 heterocycles. The maximum atomic E-state index is 13.4. The number of nitrogens with zero attached hydrogens (tertiary/aromatic N) is 8. The van der Waals surface area contributed by atoms with Gasteiger partial charge in [0.25, 0.3) is 0 Å². The minimum absolute atomic E-state index is 0.195. The van der Waals surface area contributed by atoms with Crippen LogP contribution < -0.4 is 20.4 Å². The lowest BCUT2D eigenvalue weighted by Gasteiger charge is -2.33. The number of rotatable bonds is 8. The van der Waals surface area contributed by atoms with Crippen molar-refractivity contribution in [3.63, 3.8) is 0 Å². The van der Waals surface area contributed by atoms with Crippen LogP contribution in [0.15, 0.2) is 24.4 Å². The number of likely N-dealkylation sites (N-methyl/N-ethyl adjacent to an activating group) is 1. The predicted molar refractivity (Wildman–Crippen MR) is 143 cm³/mol. The van der Waals surface area contributed by atoms with Gasteiger partial charge < -0.3 is 30.1 Å². The number of methoxy groups -OCH3 is 1. The van der Waals surface area contributed by atoms with Crippen molar-refractivity contribution in [1.82, 2.24) is 35.0 Å². The van der Waals surface area contributed by atoms with Crippen LogP contribution in [0.4, 0.5) is 33.7 Å². The van der Waals surface area contributed by atoms with Gasteiger partial charge in [0.05, 0.1) is 18.0 Å². The molecule has 2 saturated heterocycles. The first-order valence-electron chi connectivity index (χ1n) is 13.2. The Balaban J connectivity index is 1.30. The molecule has 6 rings (SSSR count). The molecule has 0 unspecified atom stereocenters. The molecule has 3 N–H and O–H groups in total. The van der Waals surface area contributed by atoms with Gasteiger partial charge in [0, 0.05) is 63.9 Å². The summed E-state index contributed by atoms with van der Waals surface area (Å²) in [5, 5.41) is 13.5. The third kappa shape index (κ3) is 5.76. The molecule has 0 aromatic carbocycles. The normalized spacial score (nSPS) is 21.8. The number of amides is 1. The number of carbonyl (C=O) groups is 1. The van der Waals surface area contributed by atoms with Crippen LogP contribution in [0.2, 0.25) is 0 Å². The van der Waals surface area contributed by atoms with E-state index >= 15 is 0 Å². The summed E-state index contributed by atoms with van der Waals surface area (Å²) in [7, 11) is 3.71. The van der Waals surface area contributed by atoms with Gasteiger partial charge >= 0.3 is 0 Å². The van der Waals surface area contributed by atoms with Crippen LogP contribution >= 0.6 is 0 Å². The molecule has 3 aromatic rings. The highest BCUT2D eigenvalue weighted by molar-refractivity contribution is 5.97. The lowest BCUT2D eigenvalue weighted by atomic mass is 10.2. The molecule has 1 amide bonds. The van der Waals surface area contributed by atoms with Crippen molar-refractivity contribution in [1.29, 1.82) is 0 Å². The van der Waals surface area contributed by atoms with Gasteiger partial charge in [-0.2, -0.15) is 24.4 Å². The number of ether oxygens (including phenoxy) is 1. The molecule has 14 heteroatoms. The average Bonchev–Trinajstić information content (AvgIpc) is 3.52. The molecule has 206 valence electrons. The zero-order valence-corrected chi connectivity index (χ0v) is 22.0. The van der Waals surface area contributed by atoms with Crippen LogP contribution in [0.1, 0.15) is 30.9 Å². The minimum Gasteiger partial charge on any atom is -0.380 e. The molecule has 3 aromatic heterocycles. The molecule has 13 nitrogen and oxygen atoms in total. The Bertz CT molecular complexity index is 1310. The maximum Gasteiger partial charge on any atom is 0.247 e. The quantitative estimate of drug-likeness (QED) is 0.362. The number of halogens is 1. The molecule has 1 aliphatic carbocycles. The number of piperazine rings is 1. The van der Waals surface area contributed by atoms with Crippen LogP contribution in [0.5, 0.6) is 0 Å². The van der Waals surface area contributed by atoms with Crippen molar-refractivity contribution >= 4 is 35.3 Å². The van der Waals surface area contributed by atoms with Gasteiger partial charge in [0.1, 0.15) is 6.04 Å². The van der Waals surface area contributed by atoms with Crippen molar-refractivity contribution in [3.05, 3.63) is 36.0 Å². The summed E-state index contributed by atoms with van der Waals surface area (Å²) >= 11 is 0. The highest BCUT2D eigenvalue weighted by Crippen LogP contribution is 2.39. The molecule has 0 radical (unpaired) electrons. The first kappa shape index (κ1) is 25.4. The second kappa shape index (κ2) is 10.7. The second-order valence-corrected chi connectivity index (χ2v) is 10.3. The van der Waals surface area contributed by atoms with Crippen LogP contribution in [0.3, 0.4) is 0 Å². The van der Waals surface area contributed by atoms with E-state index in [4.69, 9.17) is 19.7 Å². The van der Waals surface area contributed by atoms with E-state index in [0.29, 0.717) is 48.2 Å². The molecule has 1 saturated carbocycles. The Morgan fingerprint density at radius 1 is 1.13 bits per heavy atom. The molecule has 39 heavy (non-hydrogen) atoms. The molecule has 2 aliphatic heterocycles. The Morgan fingerprint density at radius 2 is 1.92 bits per heavy atom. The van der Waals surface area contributed by atoms with E-state index in [2.05, 4.69) is 42.7 Å². The standard InChI is InChI=1S/C25H32FN11O2/c1-35-7-9-36(10-8-35)24-30-23(29-21-12-18(33-34-21)15-3-4-15)31-25(32-24)37-14-17(39-2)11-19(37)22(38)28-16-5-6-20(26)27-13-16/h5-6,12-13,15,17,19H,3-4,7-11,14H2,1-2H3,(H,28,38)(H2,29,30,31,32,33,34)/t17-,19-/m0/s1. The number of aromatic amines is 1. The summed E-state index contributed by atoms with van der Waals surface area (Å²) in [6.45, 7) is 3.75. The van der Waals surface area contributed by atoms with Gasteiger partial charge in [-0.25, -0.2) is 4.98 Å². The van der Waals surface area contributed by atoms with Crippen LogP contribution in [0, 0.1) is 5.95 Å². The summed E-state index contributed by atoms with van der Waals surface area (Å²) in [5.41, 5.74) is 1.50. The topological polar surface area (TPSA) is 140 Å². The van der Waals surface area contributed by atoms with E-state index in [0.717, 1.165) is 44.7 Å². The third-order valence-electron chi connectivity index (χ3n) is 7.40. The Labute approximate surface area is 225 Å². The molecule has 0 spiro atoms. The summed E-state index contributed by atoms with van der Waals surface area (Å²) in [6.07, 6.45) is 3.87. The van der Waals surface area contributed by atoms with E-state index < -0.39 is 12.0 Å². The Morgan fingerprint density at radius 3 is 2.64 bits per heavy atom. The molecular formula is C25H32FN11O2.